The highest BCUT2D eigenvalue weighted by Gasteiger charge is 2.36. The van der Waals surface area contributed by atoms with Gasteiger partial charge in [-0.3, -0.25) is 9.69 Å². The van der Waals surface area contributed by atoms with Gasteiger partial charge >= 0.3 is 5.97 Å². The van der Waals surface area contributed by atoms with Crippen LogP contribution >= 0.6 is 0 Å². The summed E-state index contributed by atoms with van der Waals surface area (Å²) >= 11 is 0. The van der Waals surface area contributed by atoms with Crippen molar-refractivity contribution in [2.75, 3.05) is 33.9 Å². The number of likely N-dealkylation sites (N-methyl/N-ethyl adjacent to an activating group) is 2. The quantitative estimate of drug-likeness (QED) is 0.620. The van der Waals surface area contributed by atoms with Crippen molar-refractivity contribution in [3.8, 4) is 0 Å². The molecule has 5 heteroatoms. The van der Waals surface area contributed by atoms with Gasteiger partial charge in [-0.15, -0.1) is 0 Å². The number of hydrogen-bond donors (Lipinski definition) is 1. The molecule has 5 nitrogen and oxygen atoms in total. The van der Waals surface area contributed by atoms with Gasteiger partial charge in [-0.2, -0.15) is 0 Å². The van der Waals surface area contributed by atoms with Crippen LogP contribution in [-0.2, 0) is 14.3 Å². The zero-order valence-corrected chi connectivity index (χ0v) is 14.2. The van der Waals surface area contributed by atoms with E-state index in [-0.39, 0.29) is 12.0 Å². The number of rotatable bonds is 10. The van der Waals surface area contributed by atoms with Crippen molar-refractivity contribution >= 4 is 5.97 Å². The van der Waals surface area contributed by atoms with Crippen molar-refractivity contribution < 1.29 is 14.3 Å². The first kappa shape index (κ1) is 19.4. The summed E-state index contributed by atoms with van der Waals surface area (Å²) < 4.78 is 10.4. The second-order valence-corrected chi connectivity index (χ2v) is 5.49. The Bertz CT molecular complexity index is 286. The summed E-state index contributed by atoms with van der Waals surface area (Å²) in [5.74, 6) is -0.190. The molecule has 0 saturated carbocycles. The number of hydrogen-bond acceptors (Lipinski definition) is 5. The molecule has 0 aromatic carbocycles. The zero-order chi connectivity index (χ0) is 15.8. The third kappa shape index (κ3) is 5.38. The van der Waals surface area contributed by atoms with Crippen LogP contribution in [0.25, 0.3) is 0 Å². The molecule has 0 aromatic heterocycles. The Labute approximate surface area is 124 Å². The van der Waals surface area contributed by atoms with E-state index in [4.69, 9.17) is 9.47 Å². The van der Waals surface area contributed by atoms with E-state index in [2.05, 4.69) is 31.0 Å². The Morgan fingerprint density at radius 1 is 1.30 bits per heavy atom. The average Bonchev–Trinajstić information content (AvgIpc) is 2.39. The minimum atomic E-state index is -0.657. The second kappa shape index (κ2) is 9.32. The monoisotopic (exact) mass is 288 g/mol. The van der Waals surface area contributed by atoms with Crippen molar-refractivity contribution in [1.29, 1.82) is 0 Å². The minimum absolute atomic E-state index is 0.190. The molecule has 0 rings (SSSR count). The molecular weight excluding hydrogens is 256 g/mol. The van der Waals surface area contributed by atoms with Crippen LogP contribution < -0.4 is 5.32 Å². The predicted molar refractivity (Wildman–Crippen MR) is 81.9 cm³/mol. The van der Waals surface area contributed by atoms with E-state index < -0.39 is 5.54 Å². The van der Waals surface area contributed by atoms with Crippen molar-refractivity contribution in [2.24, 2.45) is 0 Å². The summed E-state index contributed by atoms with van der Waals surface area (Å²) in [4.78, 5) is 14.5. The molecule has 3 atom stereocenters. The van der Waals surface area contributed by atoms with E-state index in [1.165, 1.54) is 0 Å². The van der Waals surface area contributed by atoms with Crippen LogP contribution in [-0.4, -0.2) is 62.4 Å². The van der Waals surface area contributed by atoms with Gasteiger partial charge in [0.15, 0.2) is 0 Å². The van der Waals surface area contributed by atoms with Gasteiger partial charge in [-0.1, -0.05) is 6.92 Å². The standard InChI is InChI=1S/C15H32N2O3/c1-8-17(13(4)11-19-7)12(3)10-15(5,16-6)14(18)20-9-2/h12-13,16H,8-11H2,1-7H3. The van der Waals surface area contributed by atoms with Gasteiger partial charge in [0.05, 0.1) is 13.2 Å². The number of esters is 1. The summed E-state index contributed by atoms with van der Waals surface area (Å²) in [5, 5.41) is 3.11. The molecule has 0 heterocycles. The van der Waals surface area contributed by atoms with Crippen molar-refractivity contribution in [2.45, 2.75) is 58.7 Å². The van der Waals surface area contributed by atoms with Crippen LogP contribution in [0.2, 0.25) is 0 Å². The van der Waals surface area contributed by atoms with Crippen molar-refractivity contribution in [3.05, 3.63) is 0 Å². The molecule has 0 aromatic rings. The molecule has 0 aliphatic rings. The molecular formula is C15H32N2O3. The lowest BCUT2D eigenvalue weighted by atomic mass is 9.92. The van der Waals surface area contributed by atoms with Gasteiger partial charge in [0.2, 0.25) is 0 Å². The lowest BCUT2D eigenvalue weighted by Gasteiger charge is -2.38. The van der Waals surface area contributed by atoms with Gasteiger partial charge in [0.25, 0.3) is 0 Å². The molecule has 0 aliphatic heterocycles. The Morgan fingerprint density at radius 2 is 1.90 bits per heavy atom. The Balaban J connectivity index is 4.81. The van der Waals surface area contributed by atoms with Crippen LogP contribution in [0, 0.1) is 0 Å². The first-order chi connectivity index (χ1) is 9.36. The van der Waals surface area contributed by atoms with Gasteiger partial charge in [0, 0.05) is 19.2 Å². The third-order valence-electron chi connectivity index (χ3n) is 3.89. The average molecular weight is 288 g/mol. The van der Waals surface area contributed by atoms with Crippen LogP contribution in [0.1, 0.15) is 41.0 Å². The molecule has 20 heavy (non-hydrogen) atoms. The zero-order valence-electron chi connectivity index (χ0n) is 14.2. The number of nitrogens with one attached hydrogen (secondary N) is 1. The molecule has 0 bridgehead atoms. The molecule has 0 aliphatic carbocycles. The molecule has 120 valence electrons. The van der Waals surface area contributed by atoms with Crippen molar-refractivity contribution in [1.82, 2.24) is 10.2 Å². The minimum Gasteiger partial charge on any atom is -0.465 e. The van der Waals surface area contributed by atoms with Crippen molar-refractivity contribution in [3.63, 3.8) is 0 Å². The molecule has 1 N–H and O–H groups in total. The SMILES string of the molecule is CCOC(=O)C(C)(CC(C)N(CC)C(C)COC)NC. The van der Waals surface area contributed by atoms with Crippen LogP contribution in [0.5, 0.6) is 0 Å². The summed E-state index contributed by atoms with van der Waals surface area (Å²) in [6, 6.07) is 0.579. The maximum atomic E-state index is 12.1. The normalized spacial score (nSPS) is 17.6. The number of methoxy groups -OCH3 is 1. The van der Waals surface area contributed by atoms with E-state index in [9.17, 15) is 4.79 Å². The molecule has 3 unspecified atom stereocenters. The smallest absolute Gasteiger partial charge is 0.326 e. The predicted octanol–water partition coefficient (Wildman–Crippen LogP) is 1.66. The molecule has 0 radical (unpaired) electrons. The topological polar surface area (TPSA) is 50.8 Å². The first-order valence-electron chi connectivity index (χ1n) is 7.47. The number of carbonyl (C=O) groups is 1. The van der Waals surface area contributed by atoms with Crippen LogP contribution in [0.4, 0.5) is 0 Å². The maximum absolute atomic E-state index is 12.1. The highest BCUT2D eigenvalue weighted by Crippen LogP contribution is 2.19. The fourth-order valence-electron chi connectivity index (χ4n) is 2.68. The lowest BCUT2D eigenvalue weighted by molar-refractivity contribution is -0.151. The van der Waals surface area contributed by atoms with Gasteiger partial charge < -0.3 is 14.8 Å². The van der Waals surface area contributed by atoms with Gasteiger partial charge in [0.1, 0.15) is 5.54 Å². The maximum Gasteiger partial charge on any atom is 0.326 e. The summed E-state index contributed by atoms with van der Waals surface area (Å²) in [6.45, 7) is 12.2. The second-order valence-electron chi connectivity index (χ2n) is 5.49. The molecule has 0 spiro atoms. The third-order valence-corrected chi connectivity index (χ3v) is 3.89. The highest BCUT2D eigenvalue weighted by atomic mass is 16.5. The Morgan fingerprint density at radius 3 is 2.30 bits per heavy atom. The largest absolute Gasteiger partial charge is 0.465 e. The van der Waals surface area contributed by atoms with Crippen LogP contribution in [0.15, 0.2) is 0 Å². The fraction of sp³-hybridized carbons (Fsp3) is 0.933. The number of ether oxygens (including phenoxy) is 2. The highest BCUT2D eigenvalue weighted by molar-refractivity contribution is 5.80. The van der Waals surface area contributed by atoms with E-state index in [1.807, 2.05) is 13.8 Å². The van der Waals surface area contributed by atoms with E-state index >= 15 is 0 Å². The summed E-state index contributed by atoms with van der Waals surface area (Å²) in [6.07, 6.45) is 0.699. The Kier molecular flexibility index (Phi) is 9.01. The summed E-state index contributed by atoms with van der Waals surface area (Å²) in [5.41, 5.74) is -0.657. The number of nitrogens with zero attached hydrogens (tertiary/aromatic N) is 1. The van der Waals surface area contributed by atoms with Gasteiger partial charge in [-0.25, -0.2) is 0 Å². The molecule has 0 saturated heterocycles. The fourth-order valence-corrected chi connectivity index (χ4v) is 2.68. The van der Waals surface area contributed by atoms with Gasteiger partial charge in [-0.05, 0) is 47.7 Å². The summed E-state index contributed by atoms with van der Waals surface area (Å²) in [7, 11) is 3.52. The molecule has 0 fully saturated rings. The number of carbonyl (C=O) groups excluding carboxylic acids is 1. The van der Waals surface area contributed by atoms with E-state index in [0.717, 1.165) is 6.54 Å². The lowest BCUT2D eigenvalue weighted by Crippen LogP contribution is -2.54. The van der Waals surface area contributed by atoms with E-state index in [1.54, 1.807) is 14.2 Å². The van der Waals surface area contributed by atoms with Crippen LogP contribution in [0.3, 0.4) is 0 Å². The Hall–Kier alpha value is -0.650. The molecule has 0 amide bonds. The van der Waals surface area contributed by atoms with E-state index in [0.29, 0.717) is 25.7 Å². The first-order valence-corrected chi connectivity index (χ1v) is 7.47.